The van der Waals surface area contributed by atoms with Crippen LogP contribution in [0.2, 0.25) is 0 Å². The molecule has 3 heterocycles. The molecule has 9 heteroatoms. The molecule has 0 bridgehead atoms. The molecule has 28 heavy (non-hydrogen) atoms. The van der Waals surface area contributed by atoms with Gasteiger partial charge in [-0.25, -0.2) is 9.78 Å². The molecule has 3 aromatic heterocycles. The predicted octanol–water partition coefficient (Wildman–Crippen LogP) is 2.63. The maximum absolute atomic E-state index is 13.0. The van der Waals surface area contributed by atoms with Crippen LogP contribution < -0.4 is 5.32 Å². The first-order chi connectivity index (χ1) is 13.2. The number of methoxy groups -OCH3 is 1. The van der Waals surface area contributed by atoms with Crippen LogP contribution in [-0.4, -0.2) is 46.4 Å². The predicted molar refractivity (Wildman–Crippen MR) is 99.1 cm³/mol. The van der Waals surface area contributed by atoms with E-state index in [-0.39, 0.29) is 17.9 Å². The number of carboxylic acid groups (broad SMARTS) is 1. The van der Waals surface area contributed by atoms with Crippen molar-refractivity contribution < 1.29 is 28.4 Å². The highest BCUT2D eigenvalue weighted by atomic mass is 16.5. The Bertz CT molecular complexity index is 1070. The summed E-state index contributed by atoms with van der Waals surface area (Å²) in [5.74, 6) is -0.467. The number of hydrogen-bond donors (Lipinski definition) is 2. The van der Waals surface area contributed by atoms with Crippen LogP contribution in [0.5, 0.6) is 0 Å². The first-order valence-electron chi connectivity index (χ1n) is 8.55. The summed E-state index contributed by atoms with van der Waals surface area (Å²) in [5, 5.41) is 16.4. The zero-order chi connectivity index (χ0) is 20.6. The van der Waals surface area contributed by atoms with Gasteiger partial charge in [-0.3, -0.25) is 4.79 Å². The minimum atomic E-state index is -1.60. The van der Waals surface area contributed by atoms with Gasteiger partial charge in [-0.15, -0.1) is 0 Å². The van der Waals surface area contributed by atoms with E-state index < -0.39 is 17.4 Å². The third-order valence-corrected chi connectivity index (χ3v) is 4.47. The van der Waals surface area contributed by atoms with Crippen molar-refractivity contribution in [2.75, 3.05) is 13.7 Å². The van der Waals surface area contributed by atoms with E-state index in [9.17, 15) is 14.7 Å². The Balaban J connectivity index is 2.13. The number of fused-ring (bicyclic) bond motifs is 1. The lowest BCUT2D eigenvalue weighted by atomic mass is 10.0. The Kier molecular flexibility index (Phi) is 4.95. The standard InChI is InChI=1S/C19H21N3O6/c1-9-6-12(11(3)27-9)14-7-13(15-10(2)22-28-17(15)20-14)16(23)21-19(4,8-26-5)18(24)25/h6-7H,8H2,1-5H3,(H,21,23)(H,24,25). The average molecular weight is 387 g/mol. The second-order valence-corrected chi connectivity index (χ2v) is 6.85. The summed E-state index contributed by atoms with van der Waals surface area (Å²) in [7, 11) is 1.37. The number of ether oxygens (including phenoxy) is 1. The number of pyridine rings is 1. The third kappa shape index (κ3) is 3.36. The first kappa shape index (κ1) is 19.6. The summed E-state index contributed by atoms with van der Waals surface area (Å²) in [5.41, 5.74) is 0.438. The Hall–Kier alpha value is -3.20. The van der Waals surface area contributed by atoms with E-state index in [1.807, 2.05) is 6.92 Å². The lowest BCUT2D eigenvalue weighted by Crippen LogP contribution is -2.55. The molecule has 9 nitrogen and oxygen atoms in total. The average Bonchev–Trinajstić information content (AvgIpc) is 3.16. The van der Waals surface area contributed by atoms with Crippen LogP contribution in [0.15, 0.2) is 21.1 Å². The van der Waals surface area contributed by atoms with Crippen molar-refractivity contribution in [2.45, 2.75) is 33.2 Å². The molecular weight excluding hydrogens is 366 g/mol. The molecular formula is C19H21N3O6. The van der Waals surface area contributed by atoms with Crippen molar-refractivity contribution in [3.05, 3.63) is 34.9 Å². The molecule has 0 radical (unpaired) electrons. The number of carbonyl (C=O) groups excluding carboxylic acids is 1. The van der Waals surface area contributed by atoms with Gasteiger partial charge in [-0.05, 0) is 39.8 Å². The van der Waals surface area contributed by atoms with Crippen LogP contribution in [0.4, 0.5) is 0 Å². The summed E-state index contributed by atoms with van der Waals surface area (Å²) in [6.45, 7) is 6.46. The van der Waals surface area contributed by atoms with Gasteiger partial charge in [0.2, 0.25) is 0 Å². The van der Waals surface area contributed by atoms with E-state index in [1.54, 1.807) is 26.0 Å². The van der Waals surface area contributed by atoms with Gasteiger partial charge >= 0.3 is 5.97 Å². The molecule has 0 saturated carbocycles. The third-order valence-electron chi connectivity index (χ3n) is 4.47. The summed E-state index contributed by atoms with van der Waals surface area (Å²) in [6, 6.07) is 3.38. The normalized spacial score (nSPS) is 13.5. The number of aromatic nitrogens is 2. The molecule has 0 spiro atoms. The van der Waals surface area contributed by atoms with Crippen molar-refractivity contribution in [2.24, 2.45) is 0 Å². The molecule has 1 amide bonds. The summed E-state index contributed by atoms with van der Waals surface area (Å²) in [6.07, 6.45) is 0. The van der Waals surface area contributed by atoms with E-state index in [0.717, 1.165) is 0 Å². The molecule has 0 fully saturated rings. The highest BCUT2D eigenvalue weighted by Gasteiger charge is 2.36. The Morgan fingerprint density at radius 3 is 2.57 bits per heavy atom. The molecule has 0 aliphatic rings. The molecule has 3 rings (SSSR count). The van der Waals surface area contributed by atoms with E-state index in [4.69, 9.17) is 13.7 Å². The minimum absolute atomic E-state index is 0.183. The van der Waals surface area contributed by atoms with Crippen molar-refractivity contribution in [3.8, 4) is 11.3 Å². The van der Waals surface area contributed by atoms with Gasteiger partial charge in [-0.2, -0.15) is 0 Å². The van der Waals surface area contributed by atoms with E-state index in [0.29, 0.717) is 33.9 Å². The van der Waals surface area contributed by atoms with Crippen LogP contribution in [0.1, 0.15) is 34.5 Å². The molecule has 0 aromatic carbocycles. The minimum Gasteiger partial charge on any atom is -0.479 e. The van der Waals surface area contributed by atoms with Gasteiger partial charge < -0.3 is 24.1 Å². The molecule has 0 aliphatic carbocycles. The van der Waals surface area contributed by atoms with Gasteiger partial charge in [-0.1, -0.05) is 5.16 Å². The summed E-state index contributed by atoms with van der Waals surface area (Å²) >= 11 is 0. The number of amides is 1. The fourth-order valence-electron chi connectivity index (χ4n) is 3.05. The number of aliphatic carboxylic acids is 1. The second kappa shape index (κ2) is 7.08. The van der Waals surface area contributed by atoms with E-state index in [2.05, 4.69) is 15.5 Å². The van der Waals surface area contributed by atoms with Crippen molar-refractivity contribution in [1.82, 2.24) is 15.5 Å². The smallest absolute Gasteiger partial charge is 0.331 e. The number of nitrogens with zero attached hydrogens (tertiary/aromatic N) is 2. The van der Waals surface area contributed by atoms with E-state index in [1.165, 1.54) is 14.0 Å². The highest BCUT2D eigenvalue weighted by molar-refractivity contribution is 6.08. The Morgan fingerprint density at radius 2 is 2.00 bits per heavy atom. The molecule has 0 aliphatic heterocycles. The zero-order valence-corrected chi connectivity index (χ0v) is 16.2. The van der Waals surface area contributed by atoms with Gasteiger partial charge in [0.15, 0.2) is 5.54 Å². The molecule has 148 valence electrons. The van der Waals surface area contributed by atoms with Crippen molar-refractivity contribution in [3.63, 3.8) is 0 Å². The lowest BCUT2D eigenvalue weighted by molar-refractivity contribution is -0.145. The topological polar surface area (TPSA) is 128 Å². The first-order valence-corrected chi connectivity index (χ1v) is 8.55. The molecule has 2 N–H and O–H groups in total. The number of carbonyl (C=O) groups is 2. The molecule has 3 aromatic rings. The molecule has 0 saturated heterocycles. The van der Waals surface area contributed by atoms with Crippen LogP contribution in [0, 0.1) is 20.8 Å². The zero-order valence-electron chi connectivity index (χ0n) is 16.2. The number of carboxylic acids is 1. The number of furan rings is 1. The Morgan fingerprint density at radius 1 is 1.29 bits per heavy atom. The lowest BCUT2D eigenvalue weighted by Gasteiger charge is -2.25. The van der Waals surface area contributed by atoms with Gasteiger partial charge in [0.05, 0.1) is 28.9 Å². The fourth-order valence-corrected chi connectivity index (χ4v) is 3.05. The summed E-state index contributed by atoms with van der Waals surface area (Å²) in [4.78, 5) is 29.1. The molecule has 1 unspecified atom stereocenters. The monoisotopic (exact) mass is 387 g/mol. The van der Waals surface area contributed by atoms with Crippen molar-refractivity contribution in [1.29, 1.82) is 0 Å². The largest absolute Gasteiger partial charge is 0.479 e. The van der Waals surface area contributed by atoms with Crippen LogP contribution in [0.3, 0.4) is 0 Å². The van der Waals surface area contributed by atoms with Gasteiger partial charge in [0.25, 0.3) is 11.6 Å². The van der Waals surface area contributed by atoms with Gasteiger partial charge in [0, 0.05) is 12.7 Å². The summed E-state index contributed by atoms with van der Waals surface area (Å²) < 4.78 is 15.8. The number of aryl methyl sites for hydroxylation is 3. The highest BCUT2D eigenvalue weighted by Crippen LogP contribution is 2.30. The number of hydrogen-bond acceptors (Lipinski definition) is 7. The Labute approximate surface area is 160 Å². The van der Waals surface area contributed by atoms with Crippen molar-refractivity contribution >= 4 is 23.0 Å². The molecule has 1 atom stereocenters. The SMILES string of the molecule is COCC(C)(NC(=O)c1cc(-c2cc(C)oc2C)nc2onc(C)c12)C(=O)O. The quantitative estimate of drug-likeness (QED) is 0.661. The van der Waals surface area contributed by atoms with E-state index >= 15 is 0 Å². The number of rotatable bonds is 6. The maximum Gasteiger partial charge on any atom is 0.331 e. The second-order valence-electron chi connectivity index (χ2n) is 6.85. The van der Waals surface area contributed by atoms with Crippen LogP contribution in [0.25, 0.3) is 22.4 Å². The van der Waals surface area contributed by atoms with Crippen LogP contribution >= 0.6 is 0 Å². The maximum atomic E-state index is 13.0. The number of nitrogens with one attached hydrogen (secondary N) is 1. The van der Waals surface area contributed by atoms with Gasteiger partial charge in [0.1, 0.15) is 11.5 Å². The fraction of sp³-hybridized carbons (Fsp3) is 0.368. The van der Waals surface area contributed by atoms with Crippen LogP contribution in [-0.2, 0) is 9.53 Å².